The highest BCUT2D eigenvalue weighted by molar-refractivity contribution is 7.91. The first-order valence-electron chi connectivity index (χ1n) is 11.1. The summed E-state index contributed by atoms with van der Waals surface area (Å²) in [4.78, 5) is 33.0. The van der Waals surface area contributed by atoms with Crippen molar-refractivity contribution in [2.24, 2.45) is 4.99 Å². The third kappa shape index (κ3) is 6.58. The number of nitrogens with one attached hydrogen (secondary N) is 3. The van der Waals surface area contributed by atoms with Crippen molar-refractivity contribution in [1.29, 1.82) is 0 Å². The lowest BCUT2D eigenvalue weighted by molar-refractivity contribution is -0.137. The van der Waals surface area contributed by atoms with Crippen LogP contribution in [0.4, 0.5) is 11.4 Å². The topological polar surface area (TPSA) is 139 Å². The Balaban J connectivity index is 1.45. The van der Waals surface area contributed by atoms with Crippen LogP contribution in [0, 0.1) is 0 Å². The number of rotatable bonds is 8. The second-order valence-corrected chi connectivity index (χ2v) is 9.50. The van der Waals surface area contributed by atoms with E-state index in [2.05, 4.69) is 25.9 Å². The number of nitrogens with zero attached hydrogens (tertiary/aromatic N) is 2. The van der Waals surface area contributed by atoms with E-state index < -0.39 is 22.4 Å². The van der Waals surface area contributed by atoms with E-state index in [1.807, 2.05) is 0 Å². The average molecular weight is 492 g/mol. The van der Waals surface area contributed by atoms with Crippen molar-refractivity contribution in [1.82, 2.24) is 10.3 Å². The van der Waals surface area contributed by atoms with Crippen LogP contribution in [0.5, 0.6) is 0 Å². The van der Waals surface area contributed by atoms with Crippen LogP contribution in [0.2, 0.25) is 0 Å². The molecule has 0 radical (unpaired) electrons. The molecule has 2 atom stereocenters. The SMILES string of the molecule is O=C(O)CC(c1cccnc1)[S+]([O-])c1cccc(NC(=O)c2ccc(NC3=NCCCN3)cc2)c1. The molecule has 1 aliphatic rings. The molecule has 4 N–H and O–H groups in total. The first kappa shape index (κ1) is 24.2. The Kier molecular flexibility index (Phi) is 7.96. The first-order chi connectivity index (χ1) is 17.0. The molecule has 10 heteroatoms. The Morgan fingerprint density at radius 1 is 1.11 bits per heavy atom. The number of aliphatic carboxylic acids is 1. The summed E-state index contributed by atoms with van der Waals surface area (Å²) in [7, 11) is 0. The van der Waals surface area contributed by atoms with Crippen LogP contribution >= 0.6 is 0 Å². The van der Waals surface area contributed by atoms with Gasteiger partial charge >= 0.3 is 5.97 Å². The first-order valence-corrected chi connectivity index (χ1v) is 12.3. The van der Waals surface area contributed by atoms with Gasteiger partial charge in [0.25, 0.3) is 5.91 Å². The summed E-state index contributed by atoms with van der Waals surface area (Å²) < 4.78 is 13.3. The molecule has 2 heterocycles. The van der Waals surface area contributed by atoms with E-state index >= 15 is 0 Å². The largest absolute Gasteiger partial charge is 0.611 e. The number of hydrogen-bond donors (Lipinski definition) is 4. The summed E-state index contributed by atoms with van der Waals surface area (Å²) in [5.41, 5.74) is 2.31. The molecule has 3 aromatic rings. The van der Waals surface area contributed by atoms with E-state index in [1.165, 1.54) is 6.20 Å². The fourth-order valence-corrected chi connectivity index (χ4v) is 5.03. The van der Waals surface area contributed by atoms with Crippen molar-refractivity contribution in [3.05, 3.63) is 84.2 Å². The van der Waals surface area contributed by atoms with Gasteiger partial charge in [-0.15, -0.1) is 0 Å². The average Bonchev–Trinajstić information content (AvgIpc) is 2.88. The number of guanidine groups is 1. The third-order valence-electron chi connectivity index (χ3n) is 5.31. The third-order valence-corrected chi connectivity index (χ3v) is 6.98. The van der Waals surface area contributed by atoms with Gasteiger partial charge in [-0.1, -0.05) is 12.1 Å². The van der Waals surface area contributed by atoms with Crippen LogP contribution < -0.4 is 16.0 Å². The van der Waals surface area contributed by atoms with E-state index in [0.29, 0.717) is 27.7 Å². The molecule has 9 nitrogen and oxygen atoms in total. The highest BCUT2D eigenvalue weighted by Gasteiger charge is 2.30. The Morgan fingerprint density at radius 3 is 2.63 bits per heavy atom. The summed E-state index contributed by atoms with van der Waals surface area (Å²) in [5, 5.41) is 17.7. The molecular formula is C25H25N5O4S. The maximum atomic E-state index is 13.3. The van der Waals surface area contributed by atoms with Gasteiger partial charge in [-0.05, 0) is 60.1 Å². The molecule has 2 unspecified atom stereocenters. The van der Waals surface area contributed by atoms with Crippen molar-refractivity contribution in [2.45, 2.75) is 23.0 Å². The van der Waals surface area contributed by atoms with Gasteiger partial charge in [0.05, 0.1) is 6.42 Å². The minimum Gasteiger partial charge on any atom is -0.611 e. The molecule has 1 amide bonds. The Bertz CT molecular complexity index is 1200. The molecule has 4 rings (SSSR count). The summed E-state index contributed by atoms with van der Waals surface area (Å²) >= 11 is -1.67. The zero-order valence-corrected chi connectivity index (χ0v) is 19.6. The second-order valence-electron chi connectivity index (χ2n) is 7.87. The molecule has 35 heavy (non-hydrogen) atoms. The highest BCUT2D eigenvalue weighted by atomic mass is 32.2. The van der Waals surface area contributed by atoms with E-state index in [9.17, 15) is 19.2 Å². The Hall–Kier alpha value is -3.89. The number of carboxylic acids is 1. The molecular weight excluding hydrogens is 466 g/mol. The molecule has 2 aromatic carbocycles. The number of carboxylic acid groups (broad SMARTS) is 1. The minimum atomic E-state index is -1.67. The molecule has 0 aliphatic carbocycles. The van der Waals surface area contributed by atoms with Gasteiger partial charge in [-0.2, -0.15) is 0 Å². The van der Waals surface area contributed by atoms with Gasteiger partial charge in [-0.25, -0.2) is 0 Å². The summed E-state index contributed by atoms with van der Waals surface area (Å²) in [6.45, 7) is 1.65. The standard InChI is InChI=1S/C25H25N5O4S/c31-23(32)15-22(18-4-2-11-26-16-18)35(34)21-6-1-5-20(14-21)29-24(33)17-7-9-19(10-8-17)30-25-27-12-3-13-28-25/h1-2,4-11,14,16,22H,3,12-13,15H2,(H,29,33)(H,31,32)(H2,27,28,30). The van der Waals surface area contributed by atoms with E-state index in [-0.39, 0.29) is 12.3 Å². The smallest absolute Gasteiger partial charge is 0.308 e. The number of amides is 1. The van der Waals surface area contributed by atoms with Crippen LogP contribution in [-0.2, 0) is 16.0 Å². The van der Waals surface area contributed by atoms with Crippen LogP contribution in [0.3, 0.4) is 0 Å². The predicted octanol–water partition coefficient (Wildman–Crippen LogP) is 3.42. The fraction of sp³-hybridized carbons (Fsp3) is 0.200. The number of pyridine rings is 1. The number of hydrogen-bond acceptors (Lipinski definition) is 7. The van der Waals surface area contributed by atoms with Crippen molar-refractivity contribution in [2.75, 3.05) is 23.7 Å². The normalized spacial score (nSPS) is 14.7. The number of aromatic nitrogens is 1. The molecule has 0 saturated heterocycles. The summed E-state index contributed by atoms with van der Waals surface area (Å²) in [6.07, 6.45) is 3.79. The molecule has 0 saturated carbocycles. The maximum absolute atomic E-state index is 13.3. The van der Waals surface area contributed by atoms with Crippen molar-refractivity contribution in [3.63, 3.8) is 0 Å². The van der Waals surface area contributed by atoms with E-state index in [0.717, 1.165) is 25.2 Å². The van der Waals surface area contributed by atoms with Gasteiger partial charge in [0.15, 0.2) is 16.1 Å². The quantitative estimate of drug-likeness (QED) is 0.354. The monoisotopic (exact) mass is 491 g/mol. The minimum absolute atomic E-state index is 0.308. The number of aliphatic imine (C=N–C) groups is 1. The van der Waals surface area contributed by atoms with Gasteiger partial charge in [0.1, 0.15) is 0 Å². The van der Waals surface area contributed by atoms with Gasteiger partial charge in [0.2, 0.25) is 0 Å². The van der Waals surface area contributed by atoms with Crippen LogP contribution in [0.25, 0.3) is 0 Å². The fourth-order valence-electron chi connectivity index (χ4n) is 3.57. The molecule has 0 bridgehead atoms. The molecule has 0 fully saturated rings. The van der Waals surface area contributed by atoms with E-state index in [1.54, 1.807) is 66.9 Å². The lowest BCUT2D eigenvalue weighted by Gasteiger charge is -2.20. The number of carbonyl (C=O) groups is 2. The van der Waals surface area contributed by atoms with Gasteiger partial charge in [0, 0.05) is 54.1 Å². The number of anilines is 2. The lowest BCUT2D eigenvalue weighted by atomic mass is 10.1. The molecule has 0 spiro atoms. The summed E-state index contributed by atoms with van der Waals surface area (Å²) in [5.74, 6) is -0.659. The Morgan fingerprint density at radius 2 is 1.94 bits per heavy atom. The maximum Gasteiger partial charge on any atom is 0.308 e. The lowest BCUT2D eigenvalue weighted by Crippen LogP contribution is -2.35. The summed E-state index contributed by atoms with van der Waals surface area (Å²) in [6, 6.07) is 17.0. The van der Waals surface area contributed by atoms with Crippen LogP contribution in [0.1, 0.15) is 34.0 Å². The predicted molar refractivity (Wildman–Crippen MR) is 135 cm³/mol. The zero-order valence-electron chi connectivity index (χ0n) is 18.8. The molecule has 1 aromatic heterocycles. The zero-order chi connectivity index (χ0) is 24.6. The van der Waals surface area contributed by atoms with Crippen molar-refractivity contribution < 1.29 is 19.2 Å². The van der Waals surface area contributed by atoms with Gasteiger partial charge in [-0.3, -0.25) is 19.6 Å². The van der Waals surface area contributed by atoms with E-state index in [4.69, 9.17) is 0 Å². The van der Waals surface area contributed by atoms with Crippen LogP contribution in [0.15, 0.2) is 82.9 Å². The molecule has 1 aliphatic heterocycles. The Labute approximate surface area is 205 Å². The number of benzene rings is 2. The number of carbonyl (C=O) groups excluding carboxylic acids is 1. The van der Waals surface area contributed by atoms with Crippen molar-refractivity contribution >= 4 is 40.4 Å². The van der Waals surface area contributed by atoms with Crippen molar-refractivity contribution in [3.8, 4) is 0 Å². The van der Waals surface area contributed by atoms with Gasteiger partial charge < -0.3 is 25.6 Å². The van der Waals surface area contributed by atoms with Crippen LogP contribution in [-0.4, -0.2) is 45.6 Å². The molecule has 180 valence electrons. The highest BCUT2D eigenvalue weighted by Crippen LogP contribution is 2.32. The second kappa shape index (κ2) is 11.5.